The number of halogens is 1. The van der Waals surface area contributed by atoms with Gasteiger partial charge in [0.1, 0.15) is 0 Å². The molecule has 3 heteroatoms. The molecule has 0 amide bonds. The summed E-state index contributed by atoms with van der Waals surface area (Å²) in [6.45, 7) is 1.03. The van der Waals surface area contributed by atoms with Gasteiger partial charge in [0.25, 0.3) is 0 Å². The molecule has 1 aromatic rings. The van der Waals surface area contributed by atoms with E-state index in [0.717, 1.165) is 12.6 Å². The molecule has 2 rings (SSSR count). The molecule has 1 aliphatic carbocycles. The first-order valence-electron chi connectivity index (χ1n) is 4.75. The molecule has 1 saturated carbocycles. The molecule has 0 radical (unpaired) electrons. The predicted molar refractivity (Wildman–Crippen MR) is 58.1 cm³/mol. The third-order valence-electron chi connectivity index (χ3n) is 2.33. The van der Waals surface area contributed by atoms with Gasteiger partial charge in [-0.3, -0.25) is 0 Å². The van der Waals surface area contributed by atoms with Crippen molar-refractivity contribution in [3.05, 3.63) is 29.8 Å². The van der Waals surface area contributed by atoms with Gasteiger partial charge in [-0.15, -0.1) is 11.8 Å². The van der Waals surface area contributed by atoms with Crippen LogP contribution in [0.15, 0.2) is 29.2 Å². The molecule has 1 fully saturated rings. The second-order valence-electron chi connectivity index (χ2n) is 3.50. The van der Waals surface area contributed by atoms with Crippen LogP contribution < -0.4 is 17.7 Å². The number of benzene rings is 1. The highest BCUT2D eigenvalue weighted by atomic mass is 35.5. The molecule has 0 heterocycles. The summed E-state index contributed by atoms with van der Waals surface area (Å²) >= 11 is 1.79. The first kappa shape index (κ1) is 11.9. The van der Waals surface area contributed by atoms with Crippen molar-refractivity contribution in [3.8, 4) is 0 Å². The van der Waals surface area contributed by atoms with Crippen molar-refractivity contribution in [2.75, 3.05) is 6.26 Å². The largest absolute Gasteiger partial charge is 1.00 e. The van der Waals surface area contributed by atoms with E-state index in [-0.39, 0.29) is 12.4 Å². The Balaban J connectivity index is 0.000000980. The van der Waals surface area contributed by atoms with Crippen molar-refractivity contribution in [3.63, 3.8) is 0 Å². The smallest absolute Gasteiger partial charge is 0.0208 e. The summed E-state index contributed by atoms with van der Waals surface area (Å²) in [6.07, 6.45) is 4.84. The van der Waals surface area contributed by atoms with E-state index >= 15 is 0 Å². The Morgan fingerprint density at radius 2 is 1.93 bits per heavy atom. The maximum absolute atomic E-state index is 3.50. The molecule has 0 saturated heterocycles. The van der Waals surface area contributed by atoms with E-state index in [1.165, 1.54) is 23.3 Å². The molecule has 1 nitrogen and oxygen atoms in total. The Labute approximate surface area is 96.1 Å². The number of rotatable bonds is 4. The Kier molecular flexibility index (Phi) is 4.79. The minimum absolute atomic E-state index is 0. The van der Waals surface area contributed by atoms with E-state index in [4.69, 9.17) is 0 Å². The van der Waals surface area contributed by atoms with Crippen LogP contribution in [0.1, 0.15) is 18.4 Å². The van der Waals surface area contributed by atoms with Gasteiger partial charge in [-0.05, 0) is 36.8 Å². The standard InChI is InChI=1S/C11H15NS.ClH/c1-13-11-6-2-9(3-7-11)8-12-10-4-5-10;/h2-3,6-7,10,12H,4-5,8H2,1H3;1H/p-1. The van der Waals surface area contributed by atoms with Crippen LogP contribution in [0.5, 0.6) is 0 Å². The van der Waals surface area contributed by atoms with E-state index < -0.39 is 0 Å². The number of hydrogen-bond acceptors (Lipinski definition) is 2. The number of nitrogens with one attached hydrogen (secondary N) is 1. The summed E-state index contributed by atoms with van der Waals surface area (Å²) in [6, 6.07) is 9.60. The summed E-state index contributed by atoms with van der Waals surface area (Å²) in [5.74, 6) is 0. The molecule has 78 valence electrons. The first-order valence-corrected chi connectivity index (χ1v) is 5.97. The van der Waals surface area contributed by atoms with Crippen LogP contribution in [0, 0.1) is 0 Å². The van der Waals surface area contributed by atoms with Gasteiger partial charge in [-0.25, -0.2) is 0 Å². The topological polar surface area (TPSA) is 12.0 Å². The van der Waals surface area contributed by atoms with Crippen LogP contribution in [-0.4, -0.2) is 12.3 Å². The third-order valence-corrected chi connectivity index (χ3v) is 3.07. The van der Waals surface area contributed by atoms with Crippen LogP contribution in [-0.2, 0) is 6.54 Å². The van der Waals surface area contributed by atoms with E-state index in [1.54, 1.807) is 11.8 Å². The summed E-state index contributed by atoms with van der Waals surface area (Å²) in [4.78, 5) is 1.34. The van der Waals surface area contributed by atoms with Gasteiger partial charge in [0.15, 0.2) is 0 Å². The quantitative estimate of drug-likeness (QED) is 0.709. The van der Waals surface area contributed by atoms with Crippen molar-refractivity contribution < 1.29 is 12.4 Å². The minimum Gasteiger partial charge on any atom is -1.00 e. The fraction of sp³-hybridized carbons (Fsp3) is 0.455. The fourth-order valence-electron chi connectivity index (χ4n) is 1.29. The summed E-state index contributed by atoms with van der Waals surface area (Å²) < 4.78 is 0. The Hall–Kier alpha value is -0.180. The summed E-state index contributed by atoms with van der Waals surface area (Å²) in [5, 5.41) is 3.50. The highest BCUT2D eigenvalue weighted by molar-refractivity contribution is 7.98. The minimum atomic E-state index is 0. The van der Waals surface area contributed by atoms with Crippen molar-refractivity contribution >= 4 is 11.8 Å². The molecule has 1 aromatic carbocycles. The van der Waals surface area contributed by atoms with Gasteiger partial charge in [-0.2, -0.15) is 0 Å². The zero-order chi connectivity index (χ0) is 9.10. The lowest BCUT2D eigenvalue weighted by Crippen LogP contribution is -3.00. The maximum atomic E-state index is 3.50. The van der Waals surface area contributed by atoms with Crippen molar-refractivity contribution in [1.29, 1.82) is 0 Å². The molecule has 1 aliphatic rings. The molecule has 0 atom stereocenters. The number of hydrogen-bond donors (Lipinski definition) is 1. The monoisotopic (exact) mass is 228 g/mol. The van der Waals surface area contributed by atoms with Crippen LogP contribution in [0.4, 0.5) is 0 Å². The SMILES string of the molecule is CSc1ccc(CNC2CC2)cc1.[Cl-]. The van der Waals surface area contributed by atoms with E-state index in [9.17, 15) is 0 Å². The van der Waals surface area contributed by atoms with Gasteiger partial charge in [0, 0.05) is 17.5 Å². The second-order valence-corrected chi connectivity index (χ2v) is 4.38. The van der Waals surface area contributed by atoms with Crippen LogP contribution >= 0.6 is 11.8 Å². The van der Waals surface area contributed by atoms with Crippen molar-refractivity contribution in [2.24, 2.45) is 0 Å². The Morgan fingerprint density at radius 1 is 1.29 bits per heavy atom. The fourth-order valence-corrected chi connectivity index (χ4v) is 1.70. The Morgan fingerprint density at radius 3 is 2.43 bits per heavy atom. The van der Waals surface area contributed by atoms with Gasteiger partial charge in [-0.1, -0.05) is 12.1 Å². The number of thioether (sulfide) groups is 1. The van der Waals surface area contributed by atoms with Gasteiger partial charge in [0.2, 0.25) is 0 Å². The van der Waals surface area contributed by atoms with Crippen LogP contribution in [0.25, 0.3) is 0 Å². The zero-order valence-electron chi connectivity index (χ0n) is 8.29. The van der Waals surface area contributed by atoms with Crippen LogP contribution in [0.3, 0.4) is 0 Å². The van der Waals surface area contributed by atoms with E-state index in [0.29, 0.717) is 0 Å². The highest BCUT2D eigenvalue weighted by Gasteiger charge is 2.19. The second kappa shape index (κ2) is 5.64. The molecular formula is C11H15ClNS-. The Bertz CT molecular complexity index is 269. The molecule has 0 bridgehead atoms. The van der Waals surface area contributed by atoms with Crippen molar-refractivity contribution in [2.45, 2.75) is 30.3 Å². The predicted octanol–water partition coefficient (Wildman–Crippen LogP) is -0.335. The lowest BCUT2D eigenvalue weighted by Gasteiger charge is -2.03. The van der Waals surface area contributed by atoms with E-state index in [2.05, 4.69) is 35.8 Å². The molecular weight excluding hydrogens is 214 g/mol. The molecule has 1 N–H and O–H groups in total. The highest BCUT2D eigenvalue weighted by Crippen LogP contribution is 2.20. The normalized spacial score (nSPS) is 14.9. The van der Waals surface area contributed by atoms with Crippen molar-refractivity contribution in [1.82, 2.24) is 5.32 Å². The lowest BCUT2D eigenvalue weighted by atomic mass is 10.2. The zero-order valence-corrected chi connectivity index (χ0v) is 9.87. The lowest BCUT2D eigenvalue weighted by molar-refractivity contribution is -0.00000272. The molecule has 0 aliphatic heterocycles. The molecule has 0 unspecified atom stereocenters. The van der Waals surface area contributed by atoms with Crippen LogP contribution in [0.2, 0.25) is 0 Å². The first-order chi connectivity index (χ1) is 6.38. The molecule has 14 heavy (non-hydrogen) atoms. The summed E-state index contributed by atoms with van der Waals surface area (Å²) in [5.41, 5.74) is 1.39. The van der Waals surface area contributed by atoms with Gasteiger partial charge >= 0.3 is 0 Å². The summed E-state index contributed by atoms with van der Waals surface area (Å²) in [7, 11) is 0. The maximum Gasteiger partial charge on any atom is 0.0208 e. The molecule has 0 aromatic heterocycles. The van der Waals surface area contributed by atoms with Gasteiger partial charge < -0.3 is 17.7 Å². The average molecular weight is 229 g/mol. The van der Waals surface area contributed by atoms with E-state index in [1.807, 2.05) is 0 Å². The average Bonchev–Trinajstić information content (AvgIpc) is 2.99. The molecule has 0 spiro atoms. The van der Waals surface area contributed by atoms with Gasteiger partial charge in [0.05, 0.1) is 0 Å². The third kappa shape index (κ3) is 3.52.